The van der Waals surface area contributed by atoms with Gasteiger partial charge in [-0.2, -0.15) is 0 Å². The summed E-state index contributed by atoms with van der Waals surface area (Å²) < 4.78 is 0. The van der Waals surface area contributed by atoms with Gasteiger partial charge in [-0.1, -0.05) is 13.0 Å². The van der Waals surface area contributed by atoms with Crippen molar-refractivity contribution in [2.24, 2.45) is 11.7 Å². The van der Waals surface area contributed by atoms with E-state index in [1.807, 2.05) is 13.8 Å². The standard InChI is InChI=1S/C14H21N3O2/c1-4-10(8-15)13(18)17-12-7-5-6-11(9(12)2)14(19)16-3/h5-7,10H,4,8,15H2,1-3H3,(H,16,19)(H,17,18). The monoisotopic (exact) mass is 263 g/mol. The van der Waals surface area contributed by atoms with Crippen molar-refractivity contribution in [2.75, 3.05) is 18.9 Å². The first kappa shape index (κ1) is 15.2. The van der Waals surface area contributed by atoms with E-state index in [1.54, 1.807) is 25.2 Å². The van der Waals surface area contributed by atoms with Gasteiger partial charge in [0.1, 0.15) is 0 Å². The Morgan fingerprint density at radius 3 is 2.58 bits per heavy atom. The number of hydrogen-bond acceptors (Lipinski definition) is 3. The van der Waals surface area contributed by atoms with E-state index in [0.29, 0.717) is 24.2 Å². The summed E-state index contributed by atoms with van der Waals surface area (Å²) in [5.41, 5.74) is 7.51. The zero-order chi connectivity index (χ0) is 14.4. The van der Waals surface area contributed by atoms with Gasteiger partial charge in [-0.15, -0.1) is 0 Å². The van der Waals surface area contributed by atoms with Gasteiger partial charge in [-0.25, -0.2) is 0 Å². The van der Waals surface area contributed by atoms with E-state index in [0.717, 1.165) is 5.56 Å². The molecule has 5 heteroatoms. The lowest BCUT2D eigenvalue weighted by molar-refractivity contribution is -0.119. The second-order valence-electron chi connectivity index (χ2n) is 4.39. The molecule has 0 spiro atoms. The largest absolute Gasteiger partial charge is 0.355 e. The highest BCUT2D eigenvalue weighted by Crippen LogP contribution is 2.20. The quantitative estimate of drug-likeness (QED) is 0.748. The number of amides is 2. The fraction of sp³-hybridized carbons (Fsp3) is 0.429. The first-order valence-electron chi connectivity index (χ1n) is 6.37. The molecule has 1 unspecified atom stereocenters. The Kier molecular flexibility index (Phi) is 5.51. The Morgan fingerprint density at radius 1 is 1.37 bits per heavy atom. The number of nitrogens with two attached hydrogens (primary N) is 1. The molecule has 0 bridgehead atoms. The molecule has 0 heterocycles. The third kappa shape index (κ3) is 3.54. The van der Waals surface area contributed by atoms with Crippen molar-refractivity contribution in [3.63, 3.8) is 0 Å². The van der Waals surface area contributed by atoms with Crippen LogP contribution in [0.2, 0.25) is 0 Å². The lowest BCUT2D eigenvalue weighted by Crippen LogP contribution is -2.29. The van der Waals surface area contributed by atoms with Crippen LogP contribution in [-0.2, 0) is 4.79 Å². The lowest BCUT2D eigenvalue weighted by atomic mass is 10.0. The maximum absolute atomic E-state index is 12.0. The van der Waals surface area contributed by atoms with Crippen molar-refractivity contribution < 1.29 is 9.59 Å². The molecule has 0 fully saturated rings. The fourth-order valence-electron chi connectivity index (χ4n) is 1.85. The highest BCUT2D eigenvalue weighted by molar-refractivity contribution is 5.99. The van der Waals surface area contributed by atoms with Gasteiger partial charge < -0.3 is 16.4 Å². The van der Waals surface area contributed by atoms with Gasteiger partial charge in [0.05, 0.1) is 5.92 Å². The van der Waals surface area contributed by atoms with Crippen LogP contribution >= 0.6 is 0 Å². The Labute approximate surface area is 113 Å². The number of carbonyl (C=O) groups is 2. The molecule has 19 heavy (non-hydrogen) atoms. The van der Waals surface area contributed by atoms with Crippen LogP contribution in [0.3, 0.4) is 0 Å². The maximum Gasteiger partial charge on any atom is 0.251 e. The molecule has 0 saturated carbocycles. The van der Waals surface area contributed by atoms with Crippen LogP contribution in [0.1, 0.15) is 29.3 Å². The normalized spacial score (nSPS) is 11.8. The molecule has 0 aliphatic rings. The minimum atomic E-state index is -0.206. The molecule has 104 valence electrons. The van der Waals surface area contributed by atoms with Crippen molar-refractivity contribution in [3.8, 4) is 0 Å². The third-order valence-corrected chi connectivity index (χ3v) is 3.21. The molecule has 1 aromatic rings. The zero-order valence-corrected chi connectivity index (χ0v) is 11.6. The van der Waals surface area contributed by atoms with Crippen LogP contribution in [0.25, 0.3) is 0 Å². The van der Waals surface area contributed by atoms with E-state index in [4.69, 9.17) is 5.73 Å². The molecule has 0 aliphatic heterocycles. The zero-order valence-electron chi connectivity index (χ0n) is 11.6. The van der Waals surface area contributed by atoms with Gasteiger partial charge in [-0.05, 0) is 31.0 Å². The van der Waals surface area contributed by atoms with E-state index in [9.17, 15) is 9.59 Å². The first-order chi connectivity index (χ1) is 9.04. The molecule has 0 radical (unpaired) electrons. The van der Waals surface area contributed by atoms with Crippen LogP contribution in [0.5, 0.6) is 0 Å². The molecule has 0 aromatic heterocycles. The number of rotatable bonds is 5. The average molecular weight is 263 g/mol. The molecule has 2 amide bonds. The van der Waals surface area contributed by atoms with E-state index in [-0.39, 0.29) is 17.7 Å². The fourth-order valence-corrected chi connectivity index (χ4v) is 1.85. The van der Waals surface area contributed by atoms with Crippen molar-refractivity contribution in [3.05, 3.63) is 29.3 Å². The van der Waals surface area contributed by atoms with Crippen LogP contribution in [0, 0.1) is 12.8 Å². The van der Waals surface area contributed by atoms with Gasteiger partial charge in [0, 0.05) is 24.8 Å². The summed E-state index contributed by atoms with van der Waals surface area (Å²) in [6, 6.07) is 5.25. The Balaban J connectivity index is 2.96. The van der Waals surface area contributed by atoms with Gasteiger partial charge >= 0.3 is 0 Å². The number of nitrogens with one attached hydrogen (secondary N) is 2. The lowest BCUT2D eigenvalue weighted by Gasteiger charge is -2.15. The molecule has 1 aromatic carbocycles. The molecule has 4 N–H and O–H groups in total. The Bertz CT molecular complexity index is 468. The number of hydrogen-bond donors (Lipinski definition) is 3. The molecular formula is C14H21N3O2. The number of anilines is 1. The van der Waals surface area contributed by atoms with E-state index < -0.39 is 0 Å². The predicted molar refractivity (Wildman–Crippen MR) is 76.0 cm³/mol. The summed E-state index contributed by atoms with van der Waals surface area (Å²) >= 11 is 0. The molecular weight excluding hydrogens is 242 g/mol. The van der Waals surface area contributed by atoms with Crippen molar-refractivity contribution in [1.29, 1.82) is 0 Å². The second kappa shape index (κ2) is 6.89. The van der Waals surface area contributed by atoms with Crippen LogP contribution in [0.15, 0.2) is 18.2 Å². The smallest absolute Gasteiger partial charge is 0.251 e. The maximum atomic E-state index is 12.0. The van der Waals surface area contributed by atoms with E-state index in [2.05, 4.69) is 10.6 Å². The van der Waals surface area contributed by atoms with Crippen molar-refractivity contribution in [1.82, 2.24) is 5.32 Å². The van der Waals surface area contributed by atoms with Crippen LogP contribution in [0.4, 0.5) is 5.69 Å². The average Bonchev–Trinajstić information content (AvgIpc) is 2.41. The second-order valence-corrected chi connectivity index (χ2v) is 4.39. The summed E-state index contributed by atoms with van der Waals surface area (Å²) in [5.74, 6) is -0.482. The van der Waals surface area contributed by atoms with Gasteiger partial charge in [0.15, 0.2) is 0 Å². The van der Waals surface area contributed by atoms with Crippen molar-refractivity contribution in [2.45, 2.75) is 20.3 Å². The number of benzene rings is 1. The molecule has 0 saturated heterocycles. The molecule has 1 atom stereocenters. The summed E-state index contributed by atoms with van der Waals surface area (Å²) in [6.45, 7) is 4.05. The van der Waals surface area contributed by atoms with Crippen LogP contribution < -0.4 is 16.4 Å². The van der Waals surface area contributed by atoms with E-state index in [1.165, 1.54) is 0 Å². The summed E-state index contributed by atoms with van der Waals surface area (Å²) in [6.07, 6.45) is 0.691. The predicted octanol–water partition coefficient (Wildman–Crippen LogP) is 1.28. The molecule has 5 nitrogen and oxygen atoms in total. The van der Waals surface area contributed by atoms with Gasteiger partial charge in [-0.3, -0.25) is 9.59 Å². The van der Waals surface area contributed by atoms with Crippen molar-refractivity contribution >= 4 is 17.5 Å². The summed E-state index contributed by atoms with van der Waals surface area (Å²) in [5, 5.41) is 5.41. The Hall–Kier alpha value is -1.88. The Morgan fingerprint density at radius 2 is 2.05 bits per heavy atom. The minimum Gasteiger partial charge on any atom is -0.355 e. The summed E-state index contributed by atoms with van der Waals surface area (Å²) in [4.78, 5) is 23.7. The SMILES string of the molecule is CCC(CN)C(=O)Nc1cccc(C(=O)NC)c1C. The molecule has 0 aliphatic carbocycles. The van der Waals surface area contributed by atoms with Gasteiger partial charge in [0.2, 0.25) is 5.91 Å². The van der Waals surface area contributed by atoms with Gasteiger partial charge in [0.25, 0.3) is 5.91 Å². The topological polar surface area (TPSA) is 84.2 Å². The summed E-state index contributed by atoms with van der Waals surface area (Å²) in [7, 11) is 1.58. The van der Waals surface area contributed by atoms with Crippen LogP contribution in [-0.4, -0.2) is 25.4 Å². The third-order valence-electron chi connectivity index (χ3n) is 3.21. The minimum absolute atomic E-state index is 0.109. The van der Waals surface area contributed by atoms with E-state index >= 15 is 0 Å². The highest BCUT2D eigenvalue weighted by atomic mass is 16.2. The first-order valence-corrected chi connectivity index (χ1v) is 6.37. The highest BCUT2D eigenvalue weighted by Gasteiger charge is 2.17. The molecule has 1 rings (SSSR count). The number of carbonyl (C=O) groups excluding carboxylic acids is 2.